The lowest BCUT2D eigenvalue weighted by molar-refractivity contribution is -0.274. The molecule has 1 aromatic rings. The van der Waals surface area contributed by atoms with Gasteiger partial charge in [-0.3, -0.25) is 0 Å². The zero-order chi connectivity index (χ0) is 10.6. The second-order valence-electron chi connectivity index (χ2n) is 2.65. The summed E-state index contributed by atoms with van der Waals surface area (Å²) in [6.07, 6.45) is -4.48. The molecule has 1 aromatic carbocycles. The monoisotopic (exact) mass is 205 g/mol. The zero-order valence-electron chi connectivity index (χ0n) is 7.17. The van der Waals surface area contributed by atoms with Crippen molar-refractivity contribution in [1.82, 2.24) is 0 Å². The highest BCUT2D eigenvalue weighted by Crippen LogP contribution is 2.23. The maximum Gasteiger partial charge on any atom is 0.573 e. The summed E-state index contributed by atoms with van der Waals surface area (Å²) in [5.41, 5.74) is 0.543. The van der Waals surface area contributed by atoms with E-state index in [0.717, 1.165) is 0 Å². The van der Waals surface area contributed by atoms with Gasteiger partial charge in [-0.15, -0.1) is 13.2 Å². The first-order chi connectivity index (χ1) is 6.51. The molecule has 0 bridgehead atoms. The van der Waals surface area contributed by atoms with Gasteiger partial charge in [-0.05, 0) is 24.1 Å². The average molecular weight is 205 g/mol. The van der Waals surface area contributed by atoms with Crippen LogP contribution in [0.4, 0.5) is 13.2 Å². The van der Waals surface area contributed by atoms with E-state index in [9.17, 15) is 18.3 Å². The molecule has 0 amide bonds. The van der Waals surface area contributed by atoms with Crippen LogP contribution in [0, 0.1) is 0 Å². The quantitative estimate of drug-likeness (QED) is 0.745. The highest BCUT2D eigenvalue weighted by molar-refractivity contribution is 5.28. The molecule has 1 radical (unpaired) electrons. The molecule has 0 N–H and O–H groups in total. The third-order valence-corrected chi connectivity index (χ3v) is 1.52. The molecule has 1 rings (SSSR count). The summed E-state index contributed by atoms with van der Waals surface area (Å²) >= 11 is 0. The number of hydrogen-bond acceptors (Lipinski definition) is 1. The number of halogens is 3. The second-order valence-corrected chi connectivity index (χ2v) is 2.65. The van der Waals surface area contributed by atoms with E-state index < -0.39 is 6.36 Å². The van der Waals surface area contributed by atoms with Gasteiger partial charge in [0.15, 0.2) is 0 Å². The van der Waals surface area contributed by atoms with Crippen LogP contribution in [0.25, 0.3) is 0 Å². The van der Waals surface area contributed by atoms with Crippen molar-refractivity contribution in [3.63, 3.8) is 0 Å². The zero-order valence-corrected chi connectivity index (χ0v) is 7.17. The SMILES string of the molecule is [O]CCc1cccc(OC(F)(F)F)c1. The Morgan fingerprint density at radius 1 is 1.29 bits per heavy atom. The van der Waals surface area contributed by atoms with Crippen LogP contribution in [0.3, 0.4) is 0 Å². The smallest absolute Gasteiger partial charge is 0.406 e. The summed E-state index contributed by atoms with van der Waals surface area (Å²) in [5.74, 6) is -0.288. The van der Waals surface area contributed by atoms with E-state index in [1.54, 1.807) is 6.07 Å². The molecule has 77 valence electrons. The fourth-order valence-electron chi connectivity index (χ4n) is 1.02. The molecule has 14 heavy (non-hydrogen) atoms. The number of alkyl halides is 3. The summed E-state index contributed by atoms with van der Waals surface area (Å²) in [6, 6.07) is 5.42. The van der Waals surface area contributed by atoms with Crippen molar-refractivity contribution < 1.29 is 23.0 Å². The Hall–Kier alpha value is -1.23. The predicted molar refractivity (Wildman–Crippen MR) is 42.4 cm³/mol. The van der Waals surface area contributed by atoms with Crippen molar-refractivity contribution in [2.45, 2.75) is 12.8 Å². The molecule has 5 heteroatoms. The second kappa shape index (κ2) is 4.32. The molecule has 0 unspecified atom stereocenters. The van der Waals surface area contributed by atoms with Crippen LogP contribution in [0.5, 0.6) is 5.75 Å². The molecule has 0 atom stereocenters. The molecule has 0 saturated heterocycles. The van der Waals surface area contributed by atoms with E-state index in [1.165, 1.54) is 18.2 Å². The molecule has 0 fully saturated rings. The van der Waals surface area contributed by atoms with Gasteiger partial charge >= 0.3 is 6.36 Å². The van der Waals surface area contributed by atoms with Crippen LogP contribution in [0.2, 0.25) is 0 Å². The van der Waals surface area contributed by atoms with Gasteiger partial charge in [-0.1, -0.05) is 12.1 Å². The Morgan fingerprint density at radius 3 is 2.57 bits per heavy atom. The lowest BCUT2D eigenvalue weighted by Gasteiger charge is -2.09. The van der Waals surface area contributed by atoms with Gasteiger partial charge in [0.05, 0.1) is 6.61 Å². The lowest BCUT2D eigenvalue weighted by atomic mass is 10.1. The van der Waals surface area contributed by atoms with E-state index in [0.29, 0.717) is 5.56 Å². The molecule has 0 saturated carbocycles. The lowest BCUT2D eigenvalue weighted by Crippen LogP contribution is -2.17. The first kappa shape index (κ1) is 10.8. The first-order valence-corrected chi connectivity index (χ1v) is 3.94. The normalized spacial score (nSPS) is 11.4. The van der Waals surface area contributed by atoms with E-state index in [1.807, 2.05) is 0 Å². The van der Waals surface area contributed by atoms with Crippen molar-refractivity contribution >= 4 is 0 Å². The Bertz CT molecular complexity index is 296. The van der Waals surface area contributed by atoms with Crippen molar-refractivity contribution in [3.8, 4) is 5.75 Å². The predicted octanol–water partition coefficient (Wildman–Crippen LogP) is 2.56. The number of rotatable bonds is 3. The van der Waals surface area contributed by atoms with Crippen molar-refractivity contribution in [2.24, 2.45) is 0 Å². The van der Waals surface area contributed by atoms with Crippen LogP contribution in [0.15, 0.2) is 24.3 Å². The van der Waals surface area contributed by atoms with E-state index in [2.05, 4.69) is 4.74 Å². The molecule has 2 nitrogen and oxygen atoms in total. The van der Waals surface area contributed by atoms with Crippen LogP contribution < -0.4 is 4.74 Å². The Morgan fingerprint density at radius 2 is 2.00 bits per heavy atom. The van der Waals surface area contributed by atoms with E-state index in [4.69, 9.17) is 0 Å². The van der Waals surface area contributed by atoms with Gasteiger partial charge in [0.1, 0.15) is 5.75 Å². The molecule has 0 heterocycles. The van der Waals surface area contributed by atoms with Crippen LogP contribution in [0.1, 0.15) is 5.56 Å². The Labute approximate surface area is 78.9 Å². The molecule has 0 aliphatic rings. The maximum atomic E-state index is 11.8. The Balaban J connectivity index is 2.73. The number of benzene rings is 1. The summed E-state index contributed by atoms with van der Waals surface area (Å²) < 4.78 is 39.0. The van der Waals surface area contributed by atoms with E-state index >= 15 is 0 Å². The van der Waals surface area contributed by atoms with Crippen molar-refractivity contribution in [2.75, 3.05) is 6.61 Å². The van der Waals surface area contributed by atoms with Gasteiger partial charge in [0.2, 0.25) is 0 Å². The summed E-state index contributed by atoms with van der Waals surface area (Å²) in [5, 5.41) is 10.2. The molecular weight excluding hydrogens is 197 g/mol. The standard InChI is InChI=1S/C9H8F3O2/c10-9(11,12)14-8-3-1-2-7(6-8)4-5-13/h1-3,6H,4-5H2. The van der Waals surface area contributed by atoms with Crippen LogP contribution in [-0.4, -0.2) is 13.0 Å². The fourth-order valence-corrected chi connectivity index (χ4v) is 1.02. The maximum absolute atomic E-state index is 11.8. The molecule has 0 aliphatic heterocycles. The molecule has 0 spiro atoms. The van der Waals surface area contributed by atoms with Gasteiger partial charge in [-0.2, -0.15) is 0 Å². The molecule has 0 aliphatic carbocycles. The van der Waals surface area contributed by atoms with Gasteiger partial charge in [0.25, 0.3) is 0 Å². The van der Waals surface area contributed by atoms with Crippen LogP contribution >= 0.6 is 0 Å². The molecule has 0 aromatic heterocycles. The number of ether oxygens (including phenoxy) is 1. The molecular formula is C9H8F3O2. The highest BCUT2D eigenvalue weighted by atomic mass is 19.4. The number of hydrogen-bond donors (Lipinski definition) is 0. The minimum atomic E-state index is -4.68. The van der Waals surface area contributed by atoms with Gasteiger partial charge in [0, 0.05) is 0 Å². The minimum absolute atomic E-state index is 0.203. The summed E-state index contributed by atoms with van der Waals surface area (Å²) in [7, 11) is 0. The topological polar surface area (TPSA) is 29.1 Å². The van der Waals surface area contributed by atoms with Crippen molar-refractivity contribution in [1.29, 1.82) is 0 Å². The summed E-state index contributed by atoms with van der Waals surface area (Å²) in [6.45, 7) is -0.352. The highest BCUT2D eigenvalue weighted by Gasteiger charge is 2.30. The first-order valence-electron chi connectivity index (χ1n) is 3.94. The van der Waals surface area contributed by atoms with Crippen molar-refractivity contribution in [3.05, 3.63) is 29.8 Å². The Kier molecular flexibility index (Phi) is 3.35. The van der Waals surface area contributed by atoms with Gasteiger partial charge in [-0.25, -0.2) is 5.11 Å². The fraction of sp³-hybridized carbons (Fsp3) is 0.333. The average Bonchev–Trinajstić information content (AvgIpc) is 2.02. The third-order valence-electron chi connectivity index (χ3n) is 1.52. The third kappa shape index (κ3) is 3.66. The van der Waals surface area contributed by atoms with Gasteiger partial charge < -0.3 is 4.74 Å². The van der Waals surface area contributed by atoms with E-state index in [-0.39, 0.29) is 18.8 Å². The largest absolute Gasteiger partial charge is 0.573 e. The minimum Gasteiger partial charge on any atom is -0.406 e. The summed E-state index contributed by atoms with van der Waals surface area (Å²) in [4.78, 5) is 0. The van der Waals surface area contributed by atoms with Crippen LogP contribution in [-0.2, 0) is 11.5 Å².